The molecule has 1 fully saturated rings. The van der Waals surface area contributed by atoms with Gasteiger partial charge in [-0.15, -0.1) is 0 Å². The van der Waals surface area contributed by atoms with Gasteiger partial charge in [-0.2, -0.15) is 9.47 Å². The molecule has 136 valence electrons. The Labute approximate surface area is 152 Å². The van der Waals surface area contributed by atoms with Crippen LogP contribution in [0.1, 0.15) is 62.2 Å². The fourth-order valence-electron chi connectivity index (χ4n) is 3.27. The molecule has 6 nitrogen and oxygen atoms in total. The molecule has 1 amide bonds. The van der Waals surface area contributed by atoms with Crippen LogP contribution in [0.3, 0.4) is 0 Å². The summed E-state index contributed by atoms with van der Waals surface area (Å²) in [5.74, 6) is 0.917. The molecule has 1 aliphatic rings. The first-order chi connectivity index (χ1) is 11.7. The second-order valence-corrected chi connectivity index (χ2v) is 8.75. The van der Waals surface area contributed by atoms with E-state index >= 15 is 0 Å². The topological polar surface area (TPSA) is 80.0 Å². The SMILES string of the molecule is Cc1cc(CC(=O)Nc2cc(C3CCC(O)C3)nn2C(C)(C)C)sn1. The number of aromatic nitrogens is 3. The van der Waals surface area contributed by atoms with Crippen molar-refractivity contribution in [2.75, 3.05) is 5.32 Å². The molecule has 0 aromatic carbocycles. The van der Waals surface area contributed by atoms with Crippen LogP contribution in [0.25, 0.3) is 0 Å². The number of hydrogen-bond donors (Lipinski definition) is 2. The lowest BCUT2D eigenvalue weighted by Crippen LogP contribution is -2.27. The van der Waals surface area contributed by atoms with Crippen molar-refractivity contribution in [2.24, 2.45) is 0 Å². The molecule has 0 bridgehead atoms. The lowest BCUT2D eigenvalue weighted by molar-refractivity contribution is -0.115. The van der Waals surface area contributed by atoms with E-state index < -0.39 is 0 Å². The van der Waals surface area contributed by atoms with E-state index in [-0.39, 0.29) is 23.5 Å². The van der Waals surface area contributed by atoms with Crippen LogP contribution < -0.4 is 5.32 Å². The van der Waals surface area contributed by atoms with Gasteiger partial charge in [-0.25, -0.2) is 4.68 Å². The fraction of sp³-hybridized carbons (Fsp3) is 0.611. The number of carbonyl (C=O) groups is 1. The predicted octanol–water partition coefficient (Wildman–Crippen LogP) is 3.21. The van der Waals surface area contributed by atoms with Gasteiger partial charge in [-0.1, -0.05) is 0 Å². The summed E-state index contributed by atoms with van der Waals surface area (Å²) in [6, 6.07) is 3.90. The zero-order valence-corrected chi connectivity index (χ0v) is 16.1. The molecule has 25 heavy (non-hydrogen) atoms. The summed E-state index contributed by atoms with van der Waals surface area (Å²) in [6.07, 6.45) is 2.58. The number of aryl methyl sites for hydroxylation is 1. The van der Waals surface area contributed by atoms with Crippen molar-refractivity contribution in [3.8, 4) is 0 Å². The number of aliphatic hydroxyl groups is 1. The van der Waals surface area contributed by atoms with E-state index in [1.54, 1.807) is 0 Å². The highest BCUT2D eigenvalue weighted by Gasteiger charge is 2.29. The first-order valence-corrected chi connectivity index (χ1v) is 9.50. The molecule has 7 heteroatoms. The Morgan fingerprint density at radius 2 is 2.16 bits per heavy atom. The number of nitrogens with one attached hydrogen (secondary N) is 1. The zero-order valence-electron chi connectivity index (χ0n) is 15.2. The van der Waals surface area contributed by atoms with Crippen molar-refractivity contribution in [1.82, 2.24) is 14.2 Å². The molecule has 2 heterocycles. The molecule has 2 atom stereocenters. The van der Waals surface area contributed by atoms with Crippen LogP contribution in [0.15, 0.2) is 12.1 Å². The smallest absolute Gasteiger partial charge is 0.230 e. The summed E-state index contributed by atoms with van der Waals surface area (Å²) in [5.41, 5.74) is 1.66. The van der Waals surface area contributed by atoms with Crippen LogP contribution >= 0.6 is 11.5 Å². The standard InChI is InChI=1S/C18H26N4O2S/c1-11-7-14(25-21-11)9-17(24)19-16-10-15(12-5-6-13(23)8-12)20-22(16)18(2,3)4/h7,10,12-13,23H,5-6,8-9H2,1-4H3,(H,19,24). The van der Waals surface area contributed by atoms with Gasteiger partial charge in [-0.05, 0) is 64.6 Å². The largest absolute Gasteiger partial charge is 0.393 e. The Morgan fingerprint density at radius 3 is 2.72 bits per heavy atom. The maximum atomic E-state index is 12.4. The highest BCUT2D eigenvalue weighted by atomic mass is 32.1. The van der Waals surface area contributed by atoms with Gasteiger partial charge in [0, 0.05) is 16.9 Å². The molecule has 0 spiro atoms. The Bertz CT molecular complexity index is 759. The third-order valence-corrected chi connectivity index (χ3v) is 5.34. The van der Waals surface area contributed by atoms with Gasteiger partial charge in [0.05, 0.1) is 29.5 Å². The van der Waals surface area contributed by atoms with Crippen molar-refractivity contribution in [2.45, 2.75) is 70.9 Å². The maximum absolute atomic E-state index is 12.4. The molecule has 1 saturated carbocycles. The van der Waals surface area contributed by atoms with Gasteiger partial charge in [-0.3, -0.25) is 4.79 Å². The molecule has 2 unspecified atom stereocenters. The minimum absolute atomic E-state index is 0.0629. The fourth-order valence-corrected chi connectivity index (χ4v) is 4.00. The monoisotopic (exact) mass is 362 g/mol. The number of aliphatic hydroxyl groups excluding tert-OH is 1. The molecular formula is C18H26N4O2S. The molecule has 2 N–H and O–H groups in total. The Kier molecular flexibility index (Phi) is 4.97. The third kappa shape index (κ3) is 4.27. The summed E-state index contributed by atoms with van der Waals surface area (Å²) in [6.45, 7) is 8.12. The third-order valence-electron chi connectivity index (χ3n) is 4.47. The molecule has 0 aliphatic heterocycles. The lowest BCUT2D eigenvalue weighted by Gasteiger charge is -2.22. The van der Waals surface area contributed by atoms with E-state index in [2.05, 4.69) is 30.5 Å². The van der Waals surface area contributed by atoms with Crippen molar-refractivity contribution in [3.05, 3.63) is 28.4 Å². The summed E-state index contributed by atoms with van der Waals surface area (Å²) < 4.78 is 6.10. The van der Waals surface area contributed by atoms with E-state index in [0.29, 0.717) is 6.42 Å². The maximum Gasteiger partial charge on any atom is 0.230 e. The molecular weight excluding hydrogens is 336 g/mol. The number of amides is 1. The first-order valence-electron chi connectivity index (χ1n) is 8.73. The Balaban J connectivity index is 1.79. The van der Waals surface area contributed by atoms with Gasteiger partial charge in [0.15, 0.2) is 0 Å². The summed E-state index contributed by atoms with van der Waals surface area (Å²) >= 11 is 1.36. The second kappa shape index (κ2) is 6.88. The summed E-state index contributed by atoms with van der Waals surface area (Å²) in [4.78, 5) is 13.4. The molecule has 3 rings (SSSR count). The molecule has 1 aliphatic carbocycles. The number of anilines is 1. The van der Waals surface area contributed by atoms with Gasteiger partial charge < -0.3 is 10.4 Å². The average Bonchev–Trinajstić information content (AvgIpc) is 3.19. The van der Waals surface area contributed by atoms with Crippen LogP contribution in [0.4, 0.5) is 5.82 Å². The number of nitrogens with zero attached hydrogens (tertiary/aromatic N) is 3. The van der Waals surface area contributed by atoms with Gasteiger partial charge in [0.2, 0.25) is 5.91 Å². The van der Waals surface area contributed by atoms with Crippen molar-refractivity contribution in [3.63, 3.8) is 0 Å². The van der Waals surface area contributed by atoms with Crippen molar-refractivity contribution >= 4 is 23.3 Å². The van der Waals surface area contributed by atoms with Crippen LogP contribution in [-0.4, -0.2) is 31.3 Å². The summed E-state index contributed by atoms with van der Waals surface area (Å²) in [5, 5.41) is 17.6. The van der Waals surface area contributed by atoms with Crippen LogP contribution in [0, 0.1) is 6.92 Å². The van der Waals surface area contributed by atoms with Crippen molar-refractivity contribution in [1.29, 1.82) is 0 Å². The normalized spacial score (nSPS) is 20.8. The molecule has 2 aromatic rings. The minimum atomic E-state index is -0.239. The first kappa shape index (κ1) is 18.1. The highest BCUT2D eigenvalue weighted by Crippen LogP contribution is 2.36. The predicted molar refractivity (Wildman–Crippen MR) is 99.0 cm³/mol. The Hall–Kier alpha value is -1.73. The Morgan fingerprint density at radius 1 is 1.40 bits per heavy atom. The molecule has 0 radical (unpaired) electrons. The van der Waals surface area contributed by atoms with E-state index in [9.17, 15) is 9.90 Å². The quantitative estimate of drug-likeness (QED) is 0.875. The van der Waals surface area contributed by atoms with Crippen molar-refractivity contribution < 1.29 is 9.90 Å². The summed E-state index contributed by atoms with van der Waals surface area (Å²) in [7, 11) is 0. The van der Waals surface area contributed by atoms with Crippen LogP contribution in [0.2, 0.25) is 0 Å². The zero-order chi connectivity index (χ0) is 18.2. The number of carbonyl (C=O) groups excluding carboxylic acids is 1. The van der Waals surface area contributed by atoms with Crippen LogP contribution in [0.5, 0.6) is 0 Å². The second-order valence-electron chi connectivity index (χ2n) is 7.86. The van der Waals surface area contributed by atoms with E-state index in [0.717, 1.165) is 41.3 Å². The van der Waals surface area contributed by atoms with Crippen LogP contribution in [-0.2, 0) is 16.8 Å². The minimum Gasteiger partial charge on any atom is -0.393 e. The lowest BCUT2D eigenvalue weighted by atomic mass is 10.0. The van der Waals surface area contributed by atoms with Gasteiger partial charge in [0.1, 0.15) is 5.82 Å². The molecule has 0 saturated heterocycles. The van der Waals surface area contributed by atoms with Gasteiger partial charge >= 0.3 is 0 Å². The molecule has 2 aromatic heterocycles. The van der Waals surface area contributed by atoms with E-state index in [1.165, 1.54) is 11.5 Å². The number of hydrogen-bond acceptors (Lipinski definition) is 5. The van der Waals surface area contributed by atoms with E-state index in [1.807, 2.05) is 23.7 Å². The number of rotatable bonds is 4. The van der Waals surface area contributed by atoms with Gasteiger partial charge in [0.25, 0.3) is 0 Å². The highest BCUT2D eigenvalue weighted by molar-refractivity contribution is 7.05. The van der Waals surface area contributed by atoms with E-state index in [4.69, 9.17) is 5.10 Å². The average molecular weight is 362 g/mol.